The fourth-order valence-electron chi connectivity index (χ4n) is 1.59. The highest BCUT2D eigenvalue weighted by molar-refractivity contribution is 5.19. The maximum atomic E-state index is 13.3. The van der Waals surface area contributed by atoms with Crippen LogP contribution in [0.15, 0.2) is 18.2 Å². The first-order valence-corrected chi connectivity index (χ1v) is 5.25. The van der Waals surface area contributed by atoms with Gasteiger partial charge in [0, 0.05) is 13.2 Å². The van der Waals surface area contributed by atoms with Crippen LogP contribution in [-0.2, 0) is 11.2 Å². The van der Waals surface area contributed by atoms with Crippen LogP contribution >= 0.6 is 0 Å². The SMILES string of the molecule is COC(C)CC(N)Cc1cccc(F)c1F. The van der Waals surface area contributed by atoms with Crippen LogP contribution in [0, 0.1) is 11.6 Å². The van der Waals surface area contributed by atoms with Gasteiger partial charge in [0.2, 0.25) is 0 Å². The molecule has 0 spiro atoms. The van der Waals surface area contributed by atoms with Crippen LogP contribution in [-0.4, -0.2) is 19.3 Å². The lowest BCUT2D eigenvalue weighted by molar-refractivity contribution is 0.104. The molecule has 0 amide bonds. The number of halogens is 2. The van der Waals surface area contributed by atoms with Gasteiger partial charge < -0.3 is 10.5 Å². The van der Waals surface area contributed by atoms with Crippen molar-refractivity contribution in [2.45, 2.75) is 31.9 Å². The molecule has 1 rings (SSSR count). The summed E-state index contributed by atoms with van der Waals surface area (Å²) in [6, 6.07) is 3.91. The van der Waals surface area contributed by atoms with Gasteiger partial charge in [-0.3, -0.25) is 0 Å². The Bertz CT molecular complexity index is 344. The molecule has 0 aliphatic heterocycles. The summed E-state index contributed by atoms with van der Waals surface area (Å²) in [4.78, 5) is 0. The van der Waals surface area contributed by atoms with Crippen LogP contribution in [0.2, 0.25) is 0 Å². The maximum absolute atomic E-state index is 13.3. The zero-order chi connectivity index (χ0) is 12.1. The molecule has 2 N–H and O–H groups in total. The van der Waals surface area contributed by atoms with E-state index in [0.717, 1.165) is 6.07 Å². The zero-order valence-electron chi connectivity index (χ0n) is 9.54. The van der Waals surface area contributed by atoms with Crippen LogP contribution in [0.1, 0.15) is 18.9 Å². The highest BCUT2D eigenvalue weighted by Gasteiger charge is 2.13. The second kappa shape index (κ2) is 5.92. The van der Waals surface area contributed by atoms with Crippen molar-refractivity contribution in [2.75, 3.05) is 7.11 Å². The summed E-state index contributed by atoms with van der Waals surface area (Å²) in [5.74, 6) is -1.63. The molecule has 2 unspecified atom stereocenters. The van der Waals surface area contributed by atoms with Gasteiger partial charge in [0.05, 0.1) is 6.10 Å². The summed E-state index contributed by atoms with van der Waals surface area (Å²) in [6.07, 6.45) is 0.954. The highest BCUT2D eigenvalue weighted by atomic mass is 19.2. The Balaban J connectivity index is 2.62. The summed E-state index contributed by atoms with van der Waals surface area (Å²) >= 11 is 0. The molecule has 2 nitrogen and oxygen atoms in total. The monoisotopic (exact) mass is 229 g/mol. The van der Waals surface area contributed by atoms with E-state index < -0.39 is 11.6 Å². The predicted octanol–water partition coefficient (Wildman–Crippen LogP) is 2.26. The van der Waals surface area contributed by atoms with Gasteiger partial charge in [-0.05, 0) is 31.4 Å². The van der Waals surface area contributed by atoms with Crippen molar-refractivity contribution in [3.8, 4) is 0 Å². The Kier molecular flexibility index (Phi) is 4.83. The largest absolute Gasteiger partial charge is 0.382 e. The van der Waals surface area contributed by atoms with Crippen LogP contribution in [0.4, 0.5) is 8.78 Å². The smallest absolute Gasteiger partial charge is 0.162 e. The van der Waals surface area contributed by atoms with Crippen LogP contribution in [0.25, 0.3) is 0 Å². The summed E-state index contributed by atoms with van der Waals surface area (Å²) in [6.45, 7) is 1.89. The van der Waals surface area contributed by atoms with E-state index in [4.69, 9.17) is 10.5 Å². The first kappa shape index (κ1) is 13.1. The first-order chi connectivity index (χ1) is 7.54. The van der Waals surface area contributed by atoms with E-state index in [9.17, 15) is 8.78 Å². The molecule has 0 saturated heterocycles. The van der Waals surface area contributed by atoms with E-state index in [-0.39, 0.29) is 12.1 Å². The van der Waals surface area contributed by atoms with E-state index >= 15 is 0 Å². The Hall–Kier alpha value is -1.00. The second-order valence-electron chi connectivity index (χ2n) is 3.96. The minimum atomic E-state index is -0.829. The van der Waals surface area contributed by atoms with Gasteiger partial charge in [0.1, 0.15) is 0 Å². The lowest BCUT2D eigenvalue weighted by Gasteiger charge is -2.16. The topological polar surface area (TPSA) is 35.2 Å². The lowest BCUT2D eigenvalue weighted by Crippen LogP contribution is -2.28. The molecule has 1 aromatic rings. The summed E-state index contributed by atoms with van der Waals surface area (Å²) < 4.78 is 31.3. The molecule has 16 heavy (non-hydrogen) atoms. The molecule has 0 bridgehead atoms. The third kappa shape index (κ3) is 3.54. The number of rotatable bonds is 5. The van der Waals surface area contributed by atoms with Crippen molar-refractivity contribution in [3.05, 3.63) is 35.4 Å². The number of hydrogen-bond donors (Lipinski definition) is 1. The van der Waals surface area contributed by atoms with Gasteiger partial charge in [-0.2, -0.15) is 0 Å². The minimum Gasteiger partial charge on any atom is -0.382 e. The third-order valence-electron chi connectivity index (χ3n) is 2.55. The van der Waals surface area contributed by atoms with Gasteiger partial charge in [0.25, 0.3) is 0 Å². The molecule has 1 aromatic carbocycles. The number of benzene rings is 1. The van der Waals surface area contributed by atoms with Crippen molar-refractivity contribution in [1.29, 1.82) is 0 Å². The Morgan fingerprint density at radius 1 is 1.38 bits per heavy atom. The quantitative estimate of drug-likeness (QED) is 0.840. The van der Waals surface area contributed by atoms with E-state index in [1.165, 1.54) is 6.07 Å². The lowest BCUT2D eigenvalue weighted by atomic mass is 10.0. The number of ether oxygens (including phenoxy) is 1. The Morgan fingerprint density at radius 2 is 2.06 bits per heavy atom. The van der Waals surface area contributed by atoms with Gasteiger partial charge in [-0.15, -0.1) is 0 Å². The number of nitrogens with two attached hydrogens (primary N) is 1. The molecule has 0 aliphatic carbocycles. The molecule has 4 heteroatoms. The molecule has 0 saturated carbocycles. The molecule has 0 heterocycles. The standard InChI is InChI=1S/C12H17F2NO/c1-8(16-2)6-10(15)7-9-4-3-5-11(13)12(9)14/h3-5,8,10H,6-7,15H2,1-2H3. The average Bonchev–Trinajstić information content (AvgIpc) is 2.24. The number of methoxy groups -OCH3 is 1. The van der Waals surface area contributed by atoms with Crippen molar-refractivity contribution in [3.63, 3.8) is 0 Å². The molecular weight excluding hydrogens is 212 g/mol. The molecule has 90 valence electrons. The fraction of sp³-hybridized carbons (Fsp3) is 0.500. The first-order valence-electron chi connectivity index (χ1n) is 5.25. The Labute approximate surface area is 94.4 Å². The van der Waals surface area contributed by atoms with Crippen LogP contribution < -0.4 is 5.73 Å². The van der Waals surface area contributed by atoms with Gasteiger partial charge in [0.15, 0.2) is 11.6 Å². The molecule has 0 aromatic heterocycles. The highest BCUT2D eigenvalue weighted by Crippen LogP contribution is 2.14. The van der Waals surface area contributed by atoms with E-state index in [1.54, 1.807) is 13.2 Å². The summed E-state index contributed by atoms with van der Waals surface area (Å²) in [5.41, 5.74) is 6.15. The second-order valence-corrected chi connectivity index (χ2v) is 3.96. The molecule has 0 aliphatic rings. The van der Waals surface area contributed by atoms with Gasteiger partial charge >= 0.3 is 0 Å². The van der Waals surface area contributed by atoms with E-state index in [0.29, 0.717) is 18.4 Å². The summed E-state index contributed by atoms with van der Waals surface area (Å²) in [7, 11) is 1.60. The average molecular weight is 229 g/mol. The molecular formula is C12H17F2NO. The van der Waals surface area contributed by atoms with E-state index in [2.05, 4.69) is 0 Å². The fourth-order valence-corrected chi connectivity index (χ4v) is 1.59. The van der Waals surface area contributed by atoms with E-state index in [1.807, 2.05) is 6.92 Å². The van der Waals surface area contributed by atoms with Crippen molar-refractivity contribution >= 4 is 0 Å². The molecule has 2 atom stereocenters. The predicted molar refractivity (Wildman–Crippen MR) is 59.1 cm³/mol. The number of hydrogen-bond acceptors (Lipinski definition) is 2. The maximum Gasteiger partial charge on any atom is 0.162 e. The van der Waals surface area contributed by atoms with Crippen molar-refractivity contribution in [2.24, 2.45) is 5.73 Å². The van der Waals surface area contributed by atoms with Crippen molar-refractivity contribution in [1.82, 2.24) is 0 Å². The normalized spacial score (nSPS) is 14.8. The molecule has 0 radical (unpaired) electrons. The van der Waals surface area contributed by atoms with Crippen LogP contribution in [0.5, 0.6) is 0 Å². The minimum absolute atomic E-state index is 0.0200. The zero-order valence-corrected chi connectivity index (χ0v) is 9.54. The van der Waals surface area contributed by atoms with Gasteiger partial charge in [-0.25, -0.2) is 8.78 Å². The summed E-state index contributed by atoms with van der Waals surface area (Å²) in [5, 5.41) is 0. The Morgan fingerprint density at radius 3 is 2.69 bits per heavy atom. The van der Waals surface area contributed by atoms with Gasteiger partial charge in [-0.1, -0.05) is 12.1 Å². The third-order valence-corrected chi connectivity index (χ3v) is 2.55. The van der Waals surface area contributed by atoms with Crippen molar-refractivity contribution < 1.29 is 13.5 Å². The molecule has 0 fully saturated rings. The van der Waals surface area contributed by atoms with Crippen LogP contribution in [0.3, 0.4) is 0 Å².